The average molecular weight is 251 g/mol. The molecule has 1 nitrogen and oxygen atoms in total. The molecule has 0 spiro atoms. The Bertz CT molecular complexity index is 661. The van der Waals surface area contributed by atoms with Crippen molar-refractivity contribution in [3.05, 3.63) is 58.3 Å². The molecule has 3 rings (SSSR count). The van der Waals surface area contributed by atoms with Crippen LogP contribution in [0.15, 0.2) is 47.1 Å². The van der Waals surface area contributed by atoms with Gasteiger partial charge in [-0.2, -0.15) is 0 Å². The summed E-state index contributed by atoms with van der Waals surface area (Å²) in [6, 6.07) is 6.33. The van der Waals surface area contributed by atoms with Gasteiger partial charge in [0.25, 0.3) is 0 Å². The van der Waals surface area contributed by atoms with E-state index in [2.05, 4.69) is 56.9 Å². The van der Waals surface area contributed by atoms with Crippen LogP contribution in [0, 0.1) is 5.92 Å². The second kappa shape index (κ2) is 4.48. The molecule has 0 N–H and O–H groups in total. The van der Waals surface area contributed by atoms with E-state index in [9.17, 15) is 0 Å². The van der Waals surface area contributed by atoms with E-state index in [-0.39, 0.29) is 5.41 Å². The van der Waals surface area contributed by atoms with Crippen molar-refractivity contribution >= 4 is 6.58 Å². The first-order valence-electron chi connectivity index (χ1n) is 7.14. The zero-order chi connectivity index (χ0) is 13.5. The summed E-state index contributed by atoms with van der Waals surface area (Å²) in [5, 5.41) is 2.19. The van der Waals surface area contributed by atoms with Gasteiger partial charge >= 0.3 is 0 Å². The van der Waals surface area contributed by atoms with Gasteiger partial charge in [-0.1, -0.05) is 44.7 Å². The first kappa shape index (κ1) is 12.4. The van der Waals surface area contributed by atoms with E-state index >= 15 is 0 Å². The predicted molar refractivity (Wildman–Crippen MR) is 80.3 cm³/mol. The van der Waals surface area contributed by atoms with E-state index in [0.29, 0.717) is 5.92 Å². The summed E-state index contributed by atoms with van der Waals surface area (Å²) >= 11 is 0. The maximum atomic E-state index is 4.89. The lowest BCUT2D eigenvalue weighted by atomic mass is 9.79. The lowest BCUT2D eigenvalue weighted by Crippen LogP contribution is -2.31. The largest absolute Gasteiger partial charge is 0.253 e. The lowest BCUT2D eigenvalue weighted by molar-refractivity contribution is 0.565. The van der Waals surface area contributed by atoms with Crippen molar-refractivity contribution in [1.82, 2.24) is 0 Å². The van der Waals surface area contributed by atoms with Crippen molar-refractivity contribution in [3.63, 3.8) is 0 Å². The third-order valence-electron chi connectivity index (χ3n) is 4.15. The van der Waals surface area contributed by atoms with Gasteiger partial charge in [0, 0.05) is 17.0 Å². The molecule has 1 aliphatic heterocycles. The highest BCUT2D eigenvalue weighted by molar-refractivity contribution is 5.36. The summed E-state index contributed by atoms with van der Waals surface area (Å²) < 4.78 is 0. The van der Waals surface area contributed by atoms with E-state index < -0.39 is 0 Å². The van der Waals surface area contributed by atoms with Crippen LogP contribution in [0.3, 0.4) is 0 Å². The number of hydrogen-bond acceptors (Lipinski definition) is 1. The van der Waals surface area contributed by atoms with Crippen LogP contribution < -0.4 is 10.6 Å². The van der Waals surface area contributed by atoms with Crippen molar-refractivity contribution < 1.29 is 0 Å². The Hall–Kier alpha value is -1.63. The Labute approximate surface area is 115 Å². The molecule has 1 aromatic rings. The van der Waals surface area contributed by atoms with Gasteiger partial charge in [-0.3, -0.25) is 4.99 Å². The number of nitrogens with zero attached hydrogens (tertiary/aromatic N) is 1. The summed E-state index contributed by atoms with van der Waals surface area (Å²) in [4.78, 5) is 4.89. The van der Waals surface area contributed by atoms with Crippen LogP contribution >= 0.6 is 0 Å². The standard InChI is InChI=1S/C18H21N/c1-13-9-10-16-15(11-13)18(2,3)12-17(19-16)14-7-5-4-6-8-14/h5,7,9-12,14H,1,4,6,8H2,2-3H3. The molecule has 98 valence electrons. The molecule has 2 aliphatic rings. The van der Waals surface area contributed by atoms with E-state index in [1.54, 1.807) is 0 Å². The highest BCUT2D eigenvalue weighted by Gasteiger charge is 2.26. The molecule has 0 radical (unpaired) electrons. The first-order valence-corrected chi connectivity index (χ1v) is 7.14. The maximum absolute atomic E-state index is 4.89. The van der Waals surface area contributed by atoms with Crippen LogP contribution in [-0.4, -0.2) is 0 Å². The summed E-state index contributed by atoms with van der Waals surface area (Å²) in [6.07, 6.45) is 10.7. The fourth-order valence-corrected chi connectivity index (χ4v) is 3.06. The van der Waals surface area contributed by atoms with Gasteiger partial charge < -0.3 is 0 Å². The van der Waals surface area contributed by atoms with Crippen LogP contribution in [0.2, 0.25) is 0 Å². The summed E-state index contributed by atoms with van der Waals surface area (Å²) in [7, 11) is 0. The third-order valence-corrected chi connectivity index (χ3v) is 4.15. The van der Waals surface area contributed by atoms with Gasteiger partial charge in [-0.25, -0.2) is 0 Å². The zero-order valence-electron chi connectivity index (χ0n) is 11.8. The normalized spacial score (nSPS) is 24.3. The number of allylic oxidation sites excluding steroid dienone is 3. The van der Waals surface area contributed by atoms with Gasteiger partial charge in [0.15, 0.2) is 0 Å². The molecular formula is C18H21N. The van der Waals surface area contributed by atoms with Gasteiger partial charge in [0.2, 0.25) is 0 Å². The molecule has 1 aromatic carbocycles. The zero-order valence-corrected chi connectivity index (χ0v) is 11.8. The Morgan fingerprint density at radius 1 is 1.32 bits per heavy atom. The van der Waals surface area contributed by atoms with Crippen LogP contribution in [0.25, 0.3) is 6.58 Å². The maximum Gasteiger partial charge on any atom is 0.0674 e. The van der Waals surface area contributed by atoms with Crippen molar-refractivity contribution in [1.29, 1.82) is 0 Å². The monoisotopic (exact) mass is 251 g/mol. The quantitative estimate of drug-likeness (QED) is 0.679. The Morgan fingerprint density at radius 3 is 2.89 bits per heavy atom. The molecule has 0 bridgehead atoms. The molecule has 19 heavy (non-hydrogen) atoms. The first-order chi connectivity index (χ1) is 9.06. The molecule has 1 heterocycles. The average Bonchev–Trinajstić information content (AvgIpc) is 2.40. The van der Waals surface area contributed by atoms with Gasteiger partial charge in [0.1, 0.15) is 0 Å². The van der Waals surface area contributed by atoms with Crippen LogP contribution in [0.1, 0.15) is 38.7 Å². The van der Waals surface area contributed by atoms with Crippen LogP contribution in [0.4, 0.5) is 0 Å². The van der Waals surface area contributed by atoms with Crippen molar-refractivity contribution in [3.8, 4) is 0 Å². The van der Waals surface area contributed by atoms with Crippen LogP contribution in [-0.2, 0) is 5.41 Å². The summed E-state index contributed by atoms with van der Waals surface area (Å²) in [5.41, 5.74) is 2.58. The van der Waals surface area contributed by atoms with E-state index in [1.807, 2.05) is 0 Å². The fourth-order valence-electron chi connectivity index (χ4n) is 3.06. The Morgan fingerprint density at radius 2 is 2.16 bits per heavy atom. The molecule has 0 aromatic heterocycles. The fraction of sp³-hybridized carbons (Fsp3) is 0.389. The highest BCUT2D eigenvalue weighted by Crippen LogP contribution is 2.32. The van der Waals surface area contributed by atoms with E-state index in [0.717, 1.165) is 10.6 Å². The molecule has 0 amide bonds. The summed E-state index contributed by atoms with van der Waals surface area (Å²) in [6.45, 7) is 8.57. The van der Waals surface area contributed by atoms with Gasteiger partial charge in [-0.15, -0.1) is 0 Å². The molecule has 1 heteroatoms. The molecule has 0 saturated carbocycles. The Balaban J connectivity index is 2.13. The number of rotatable bonds is 1. The molecule has 1 atom stereocenters. The predicted octanol–water partition coefficient (Wildman–Crippen LogP) is 3.25. The number of fused-ring (bicyclic) bond motifs is 1. The lowest BCUT2D eigenvalue weighted by Gasteiger charge is -2.29. The second-order valence-corrected chi connectivity index (χ2v) is 6.22. The summed E-state index contributed by atoms with van der Waals surface area (Å²) in [5.74, 6) is 0.501. The minimum atomic E-state index is 0.0470. The van der Waals surface area contributed by atoms with Crippen molar-refractivity contribution in [2.45, 2.75) is 38.5 Å². The van der Waals surface area contributed by atoms with E-state index in [4.69, 9.17) is 4.99 Å². The minimum absolute atomic E-state index is 0.0470. The van der Waals surface area contributed by atoms with Crippen molar-refractivity contribution in [2.75, 3.05) is 0 Å². The third kappa shape index (κ3) is 2.30. The van der Waals surface area contributed by atoms with Crippen molar-refractivity contribution in [2.24, 2.45) is 10.9 Å². The number of benzene rings is 1. The SMILES string of the molecule is C=c1ccc2c(c1)C(C)(C)C=C(C1C=CCCC1)N=2. The minimum Gasteiger partial charge on any atom is -0.253 e. The molecule has 1 unspecified atom stereocenters. The molecule has 0 saturated heterocycles. The number of hydrogen-bond donors (Lipinski definition) is 0. The van der Waals surface area contributed by atoms with E-state index in [1.165, 1.54) is 30.5 Å². The topological polar surface area (TPSA) is 12.4 Å². The molecule has 1 aliphatic carbocycles. The highest BCUT2D eigenvalue weighted by atomic mass is 14.8. The van der Waals surface area contributed by atoms with Gasteiger partial charge in [0.05, 0.1) is 5.36 Å². The molecular weight excluding hydrogens is 230 g/mol. The molecule has 0 fully saturated rings. The smallest absolute Gasteiger partial charge is 0.0674 e. The van der Waals surface area contributed by atoms with Crippen LogP contribution in [0.5, 0.6) is 0 Å². The van der Waals surface area contributed by atoms with Gasteiger partial charge in [-0.05, 0) is 42.2 Å². The Kier molecular flexibility index (Phi) is 2.93. The second-order valence-electron chi connectivity index (χ2n) is 6.22.